The van der Waals surface area contributed by atoms with Crippen molar-refractivity contribution in [3.63, 3.8) is 0 Å². The van der Waals surface area contributed by atoms with Crippen LogP contribution in [0, 0.1) is 0 Å². The molecule has 6 heteroatoms. The number of ether oxygens (including phenoxy) is 1. The number of nitrogens with two attached hydrogens (primary N) is 1. The minimum Gasteiger partial charge on any atom is -0.492 e. The van der Waals surface area contributed by atoms with Gasteiger partial charge in [-0.15, -0.1) is 0 Å². The fourth-order valence-electron chi connectivity index (χ4n) is 2.00. The molecule has 0 saturated heterocycles. The molecule has 0 aliphatic rings. The molecule has 1 aromatic heterocycles. The van der Waals surface area contributed by atoms with Gasteiger partial charge in [-0.1, -0.05) is 18.2 Å². The Bertz CT molecular complexity index is 556. The number of hydrogen-bond donors (Lipinski definition) is 1. The topological polar surface area (TPSA) is 56.3 Å². The van der Waals surface area contributed by atoms with Gasteiger partial charge in [-0.05, 0) is 42.2 Å². The molecule has 1 unspecified atom stereocenters. The Kier molecular flexibility index (Phi) is 5.78. The van der Waals surface area contributed by atoms with Crippen molar-refractivity contribution in [3.05, 3.63) is 46.7 Å². The Balaban J connectivity index is 2.01. The normalized spacial score (nSPS) is 12.6. The summed E-state index contributed by atoms with van der Waals surface area (Å²) >= 11 is 3.52. The Morgan fingerprint density at radius 3 is 2.71 bits per heavy atom. The number of rotatable bonds is 7. The van der Waals surface area contributed by atoms with Crippen molar-refractivity contribution >= 4 is 15.9 Å². The first-order valence-electron chi connectivity index (χ1n) is 6.87. The van der Waals surface area contributed by atoms with Crippen LogP contribution in [0.4, 0.5) is 0 Å². The van der Waals surface area contributed by atoms with Gasteiger partial charge in [0.2, 0.25) is 0 Å². The molecule has 2 aromatic rings. The van der Waals surface area contributed by atoms with Crippen molar-refractivity contribution in [2.24, 2.45) is 5.73 Å². The van der Waals surface area contributed by atoms with E-state index in [-0.39, 0.29) is 6.04 Å². The maximum Gasteiger partial charge on any atom is 0.119 e. The molecule has 2 N–H and O–H groups in total. The standard InChI is InChI=1S/C15H21BrN4O/c1-19(2)8-9-20-15(13(16)10-18-20)14(17)11-21-12-6-4-3-5-7-12/h3-7,10,14H,8-9,11,17H2,1-2H3. The highest BCUT2D eigenvalue weighted by Gasteiger charge is 2.17. The molecule has 0 amide bonds. The lowest BCUT2D eigenvalue weighted by atomic mass is 10.2. The molecule has 114 valence electrons. The van der Waals surface area contributed by atoms with Gasteiger partial charge in [0, 0.05) is 6.54 Å². The van der Waals surface area contributed by atoms with E-state index in [9.17, 15) is 0 Å². The third-order valence-electron chi connectivity index (χ3n) is 3.12. The maximum absolute atomic E-state index is 6.27. The molecule has 0 aliphatic carbocycles. The second kappa shape index (κ2) is 7.59. The van der Waals surface area contributed by atoms with Crippen molar-refractivity contribution < 1.29 is 4.74 Å². The van der Waals surface area contributed by atoms with Crippen LogP contribution in [0.2, 0.25) is 0 Å². The molecule has 0 spiro atoms. The number of benzene rings is 1. The molecule has 1 atom stereocenters. The van der Waals surface area contributed by atoms with Crippen molar-refractivity contribution in [3.8, 4) is 5.75 Å². The Morgan fingerprint density at radius 2 is 2.05 bits per heavy atom. The number of likely N-dealkylation sites (N-methyl/N-ethyl adjacent to an activating group) is 1. The van der Waals surface area contributed by atoms with Crippen LogP contribution in [0.25, 0.3) is 0 Å². The third-order valence-corrected chi connectivity index (χ3v) is 3.73. The van der Waals surface area contributed by atoms with Crippen LogP contribution in [0.15, 0.2) is 41.0 Å². The number of halogens is 1. The first kappa shape index (κ1) is 16.0. The summed E-state index contributed by atoms with van der Waals surface area (Å²) in [6, 6.07) is 9.45. The molecule has 0 fully saturated rings. The van der Waals surface area contributed by atoms with Crippen LogP contribution in [0.3, 0.4) is 0 Å². The molecule has 0 radical (unpaired) electrons. The van der Waals surface area contributed by atoms with E-state index >= 15 is 0 Å². The van der Waals surface area contributed by atoms with Crippen LogP contribution in [-0.2, 0) is 6.54 Å². The van der Waals surface area contributed by atoms with Gasteiger partial charge < -0.3 is 15.4 Å². The lowest BCUT2D eigenvalue weighted by molar-refractivity contribution is 0.281. The van der Waals surface area contributed by atoms with Gasteiger partial charge in [0.05, 0.1) is 29.0 Å². The minimum atomic E-state index is -0.232. The van der Waals surface area contributed by atoms with Gasteiger partial charge in [0.1, 0.15) is 12.4 Å². The van der Waals surface area contributed by atoms with Crippen LogP contribution in [0.1, 0.15) is 11.7 Å². The second-order valence-corrected chi connectivity index (χ2v) is 5.99. The first-order valence-corrected chi connectivity index (χ1v) is 7.66. The monoisotopic (exact) mass is 352 g/mol. The van der Waals surface area contributed by atoms with Gasteiger partial charge >= 0.3 is 0 Å². The van der Waals surface area contributed by atoms with Gasteiger partial charge in [-0.25, -0.2) is 0 Å². The molecule has 0 saturated carbocycles. The van der Waals surface area contributed by atoms with E-state index < -0.39 is 0 Å². The molecule has 0 aliphatic heterocycles. The SMILES string of the molecule is CN(C)CCn1ncc(Br)c1C(N)COc1ccccc1. The summed E-state index contributed by atoms with van der Waals surface area (Å²) in [5, 5.41) is 4.37. The van der Waals surface area contributed by atoms with Gasteiger partial charge in [0.15, 0.2) is 0 Å². The molecule has 21 heavy (non-hydrogen) atoms. The quantitative estimate of drug-likeness (QED) is 0.830. The lowest BCUT2D eigenvalue weighted by Gasteiger charge is -2.17. The number of para-hydroxylation sites is 1. The van der Waals surface area contributed by atoms with E-state index in [1.54, 1.807) is 6.20 Å². The Morgan fingerprint density at radius 1 is 1.33 bits per heavy atom. The summed E-state index contributed by atoms with van der Waals surface area (Å²) < 4.78 is 8.59. The largest absolute Gasteiger partial charge is 0.492 e. The highest BCUT2D eigenvalue weighted by molar-refractivity contribution is 9.10. The highest BCUT2D eigenvalue weighted by Crippen LogP contribution is 2.22. The maximum atomic E-state index is 6.27. The van der Waals surface area contributed by atoms with Crippen LogP contribution < -0.4 is 10.5 Å². The molecule has 1 heterocycles. The van der Waals surface area contributed by atoms with Crippen LogP contribution in [-0.4, -0.2) is 41.9 Å². The molecule has 2 rings (SSSR count). The summed E-state index contributed by atoms with van der Waals surface area (Å²) in [6.45, 7) is 2.12. The number of aromatic nitrogens is 2. The fraction of sp³-hybridized carbons (Fsp3) is 0.400. The highest BCUT2D eigenvalue weighted by atomic mass is 79.9. The molecular weight excluding hydrogens is 332 g/mol. The summed E-state index contributed by atoms with van der Waals surface area (Å²) in [5.41, 5.74) is 7.23. The molecular formula is C15H21BrN4O. The summed E-state index contributed by atoms with van der Waals surface area (Å²) in [5.74, 6) is 0.823. The van der Waals surface area contributed by atoms with E-state index in [1.165, 1.54) is 0 Å². The van der Waals surface area contributed by atoms with Crippen LogP contribution in [0.5, 0.6) is 5.75 Å². The Labute approximate surface area is 133 Å². The van der Waals surface area contributed by atoms with Gasteiger partial charge in [0.25, 0.3) is 0 Å². The number of hydrogen-bond acceptors (Lipinski definition) is 4. The van der Waals surface area contributed by atoms with E-state index in [2.05, 4.69) is 25.9 Å². The zero-order valence-corrected chi connectivity index (χ0v) is 14.0. The van der Waals surface area contributed by atoms with E-state index in [0.29, 0.717) is 6.61 Å². The smallest absolute Gasteiger partial charge is 0.119 e. The van der Waals surface area contributed by atoms with Crippen molar-refractivity contribution in [2.45, 2.75) is 12.6 Å². The van der Waals surface area contributed by atoms with Gasteiger partial charge in [-0.2, -0.15) is 5.10 Å². The van der Waals surface area contributed by atoms with E-state index in [1.807, 2.05) is 49.1 Å². The van der Waals surface area contributed by atoms with Crippen LogP contribution >= 0.6 is 15.9 Å². The van der Waals surface area contributed by atoms with Crippen molar-refractivity contribution in [1.29, 1.82) is 0 Å². The zero-order valence-electron chi connectivity index (χ0n) is 12.4. The fourth-order valence-corrected chi connectivity index (χ4v) is 2.59. The Hall–Kier alpha value is -1.37. The van der Waals surface area contributed by atoms with Crippen molar-refractivity contribution in [1.82, 2.24) is 14.7 Å². The summed E-state index contributed by atoms with van der Waals surface area (Å²) in [4.78, 5) is 2.12. The van der Waals surface area contributed by atoms with Crippen molar-refractivity contribution in [2.75, 3.05) is 27.2 Å². The average molecular weight is 353 g/mol. The predicted octanol–water partition coefficient (Wildman–Crippen LogP) is 2.29. The molecule has 5 nitrogen and oxygen atoms in total. The van der Waals surface area contributed by atoms with E-state index in [4.69, 9.17) is 10.5 Å². The second-order valence-electron chi connectivity index (χ2n) is 5.13. The minimum absolute atomic E-state index is 0.232. The zero-order chi connectivity index (χ0) is 15.2. The van der Waals surface area contributed by atoms with E-state index in [0.717, 1.165) is 29.0 Å². The summed E-state index contributed by atoms with van der Waals surface area (Å²) in [6.07, 6.45) is 1.79. The van der Waals surface area contributed by atoms with Gasteiger partial charge in [-0.3, -0.25) is 4.68 Å². The lowest BCUT2D eigenvalue weighted by Crippen LogP contribution is -2.26. The summed E-state index contributed by atoms with van der Waals surface area (Å²) in [7, 11) is 4.08. The third kappa shape index (κ3) is 4.56. The first-order chi connectivity index (χ1) is 10.1. The molecule has 1 aromatic carbocycles. The average Bonchev–Trinajstić information content (AvgIpc) is 2.85. The predicted molar refractivity (Wildman–Crippen MR) is 87.3 cm³/mol. The molecule has 0 bridgehead atoms. The number of nitrogens with zero attached hydrogens (tertiary/aromatic N) is 3.